The Morgan fingerprint density at radius 2 is 1.57 bits per heavy atom. The quantitative estimate of drug-likeness (QED) is 0.173. The molecule has 2 fully saturated rings. The first-order valence-electron chi connectivity index (χ1n) is 12.7. The molecule has 0 N–H and O–H groups in total. The third-order valence-electron chi connectivity index (χ3n) is 6.91. The van der Waals surface area contributed by atoms with E-state index in [4.69, 9.17) is 14.2 Å². The van der Waals surface area contributed by atoms with Crippen molar-refractivity contribution in [3.63, 3.8) is 0 Å². The van der Waals surface area contributed by atoms with Crippen LogP contribution in [0.1, 0.15) is 103 Å². The van der Waals surface area contributed by atoms with E-state index in [1.54, 1.807) is 0 Å². The number of benzene rings is 1. The fourth-order valence-electron chi connectivity index (χ4n) is 5.31. The Kier molecular flexibility index (Phi) is 9.67. The molecular formula is C27H44O3. The molecule has 0 spiro atoms. The monoisotopic (exact) mass is 416 g/mol. The molecule has 0 aromatic heterocycles. The van der Waals surface area contributed by atoms with E-state index in [0.717, 1.165) is 25.2 Å². The van der Waals surface area contributed by atoms with Crippen LogP contribution < -0.4 is 0 Å². The lowest BCUT2D eigenvalue weighted by Gasteiger charge is -2.36. The summed E-state index contributed by atoms with van der Waals surface area (Å²) in [6, 6.07) is 8.87. The zero-order valence-electron chi connectivity index (χ0n) is 19.7. The highest BCUT2D eigenvalue weighted by atomic mass is 16.7. The largest absolute Gasteiger partial charge is 0.370 e. The van der Waals surface area contributed by atoms with E-state index in [1.807, 2.05) is 0 Å². The third-order valence-corrected chi connectivity index (χ3v) is 6.91. The van der Waals surface area contributed by atoms with Crippen LogP contribution in [0.15, 0.2) is 24.3 Å². The second kappa shape index (κ2) is 12.2. The maximum Gasteiger partial charge on any atom is 0.195 e. The van der Waals surface area contributed by atoms with Crippen molar-refractivity contribution in [2.45, 2.75) is 116 Å². The summed E-state index contributed by atoms with van der Waals surface area (Å²) in [5.41, 5.74) is 2.67. The summed E-state index contributed by atoms with van der Waals surface area (Å²) >= 11 is 0. The average Bonchev–Trinajstić information content (AvgIpc) is 3.52. The van der Waals surface area contributed by atoms with Gasteiger partial charge in [0.25, 0.3) is 0 Å². The first kappa shape index (κ1) is 23.8. The SMILES string of the molecule is CCCCCCCCCC(OCC)(OCC)c1ccccc1CC1CCC2OC2C1. The molecule has 1 heterocycles. The molecule has 1 saturated heterocycles. The third kappa shape index (κ3) is 6.55. The van der Waals surface area contributed by atoms with Crippen molar-refractivity contribution in [2.24, 2.45) is 5.92 Å². The van der Waals surface area contributed by atoms with Crippen LogP contribution in [0.5, 0.6) is 0 Å². The van der Waals surface area contributed by atoms with Gasteiger partial charge in [-0.2, -0.15) is 0 Å². The van der Waals surface area contributed by atoms with Crippen LogP contribution in [-0.4, -0.2) is 25.4 Å². The van der Waals surface area contributed by atoms with Crippen LogP contribution in [0.25, 0.3) is 0 Å². The summed E-state index contributed by atoms with van der Waals surface area (Å²) in [5.74, 6) is 0.117. The fraction of sp³-hybridized carbons (Fsp3) is 0.778. The zero-order valence-corrected chi connectivity index (χ0v) is 19.7. The topological polar surface area (TPSA) is 31.0 Å². The van der Waals surface area contributed by atoms with E-state index >= 15 is 0 Å². The molecule has 0 radical (unpaired) electrons. The molecule has 3 atom stereocenters. The first-order valence-corrected chi connectivity index (χ1v) is 12.7. The minimum Gasteiger partial charge on any atom is -0.370 e. The van der Waals surface area contributed by atoms with E-state index in [9.17, 15) is 0 Å². The first-order chi connectivity index (χ1) is 14.7. The Morgan fingerprint density at radius 3 is 2.27 bits per heavy atom. The molecule has 1 aromatic rings. The minimum atomic E-state index is -0.600. The van der Waals surface area contributed by atoms with E-state index in [1.165, 1.54) is 68.9 Å². The van der Waals surface area contributed by atoms with Gasteiger partial charge in [-0.3, -0.25) is 0 Å². The highest BCUT2D eigenvalue weighted by molar-refractivity contribution is 5.32. The fourth-order valence-corrected chi connectivity index (χ4v) is 5.31. The Bertz CT molecular complexity index is 608. The molecule has 30 heavy (non-hydrogen) atoms. The van der Waals surface area contributed by atoms with Crippen molar-refractivity contribution in [3.05, 3.63) is 35.4 Å². The van der Waals surface area contributed by atoms with E-state index < -0.39 is 5.79 Å². The number of rotatable bonds is 15. The van der Waals surface area contributed by atoms with E-state index in [0.29, 0.717) is 25.4 Å². The lowest BCUT2D eigenvalue weighted by Crippen LogP contribution is -2.35. The summed E-state index contributed by atoms with van der Waals surface area (Å²) in [6.07, 6.45) is 16.0. The second-order valence-corrected chi connectivity index (χ2v) is 9.24. The van der Waals surface area contributed by atoms with Crippen LogP contribution in [-0.2, 0) is 26.4 Å². The van der Waals surface area contributed by atoms with Gasteiger partial charge in [-0.1, -0.05) is 69.7 Å². The van der Waals surface area contributed by atoms with Gasteiger partial charge in [-0.15, -0.1) is 0 Å². The van der Waals surface area contributed by atoms with Crippen molar-refractivity contribution in [2.75, 3.05) is 13.2 Å². The van der Waals surface area contributed by atoms with Gasteiger partial charge in [0.05, 0.1) is 12.2 Å². The molecule has 0 bridgehead atoms. The molecule has 0 amide bonds. The normalized spacial score (nSPS) is 23.4. The molecule has 170 valence electrons. The molecule has 3 heteroatoms. The number of unbranched alkanes of at least 4 members (excludes halogenated alkanes) is 6. The Labute approximate surface area is 184 Å². The van der Waals surface area contributed by atoms with Crippen LogP contribution in [0.4, 0.5) is 0 Å². The van der Waals surface area contributed by atoms with Crippen molar-refractivity contribution in [1.29, 1.82) is 0 Å². The van der Waals surface area contributed by atoms with Gasteiger partial charge in [0.2, 0.25) is 0 Å². The van der Waals surface area contributed by atoms with Gasteiger partial charge < -0.3 is 14.2 Å². The van der Waals surface area contributed by atoms with Gasteiger partial charge >= 0.3 is 0 Å². The molecule has 3 nitrogen and oxygen atoms in total. The highest BCUT2D eigenvalue weighted by Gasteiger charge is 2.44. The molecule has 2 aliphatic rings. The number of ether oxygens (including phenoxy) is 3. The molecule has 1 aliphatic carbocycles. The van der Waals surface area contributed by atoms with Gasteiger partial charge in [-0.25, -0.2) is 0 Å². The zero-order chi connectivity index (χ0) is 21.2. The van der Waals surface area contributed by atoms with E-state index in [-0.39, 0.29) is 0 Å². The summed E-state index contributed by atoms with van der Waals surface area (Å²) in [7, 11) is 0. The van der Waals surface area contributed by atoms with Gasteiger partial charge in [0.1, 0.15) is 0 Å². The number of fused-ring (bicyclic) bond motifs is 1. The van der Waals surface area contributed by atoms with Gasteiger partial charge in [0.15, 0.2) is 5.79 Å². The minimum absolute atomic E-state index is 0.534. The van der Waals surface area contributed by atoms with Crippen LogP contribution >= 0.6 is 0 Å². The molecular weight excluding hydrogens is 372 g/mol. The summed E-state index contributed by atoms with van der Waals surface area (Å²) in [4.78, 5) is 0. The van der Waals surface area contributed by atoms with Gasteiger partial charge in [0, 0.05) is 25.2 Å². The van der Waals surface area contributed by atoms with Crippen molar-refractivity contribution in [3.8, 4) is 0 Å². The van der Waals surface area contributed by atoms with Crippen molar-refractivity contribution < 1.29 is 14.2 Å². The average molecular weight is 417 g/mol. The number of hydrogen-bond donors (Lipinski definition) is 0. The molecule has 1 aromatic carbocycles. The Balaban J connectivity index is 1.67. The molecule has 3 rings (SSSR count). The van der Waals surface area contributed by atoms with Crippen LogP contribution in [0.3, 0.4) is 0 Å². The predicted molar refractivity (Wildman–Crippen MR) is 124 cm³/mol. The lowest BCUT2D eigenvalue weighted by molar-refractivity contribution is -0.247. The highest BCUT2D eigenvalue weighted by Crippen LogP contribution is 2.42. The van der Waals surface area contributed by atoms with Crippen LogP contribution in [0.2, 0.25) is 0 Å². The van der Waals surface area contributed by atoms with E-state index in [2.05, 4.69) is 45.0 Å². The van der Waals surface area contributed by atoms with Crippen molar-refractivity contribution in [1.82, 2.24) is 0 Å². The number of epoxide rings is 1. The Hall–Kier alpha value is -0.900. The second-order valence-electron chi connectivity index (χ2n) is 9.24. The maximum atomic E-state index is 6.41. The molecule has 1 aliphatic heterocycles. The van der Waals surface area contributed by atoms with Gasteiger partial charge in [-0.05, 0) is 57.4 Å². The van der Waals surface area contributed by atoms with Crippen molar-refractivity contribution >= 4 is 0 Å². The smallest absolute Gasteiger partial charge is 0.195 e. The molecule has 1 saturated carbocycles. The predicted octanol–water partition coefficient (Wildman–Crippen LogP) is 7.16. The Morgan fingerprint density at radius 1 is 0.867 bits per heavy atom. The lowest BCUT2D eigenvalue weighted by atomic mass is 9.82. The summed E-state index contributed by atoms with van der Waals surface area (Å²) in [5, 5.41) is 0. The summed E-state index contributed by atoms with van der Waals surface area (Å²) in [6.45, 7) is 7.80. The standard InChI is InChI=1S/C27H44O3/c1-4-7-8-9-10-11-14-19-27(28-5-2,29-6-3)24-16-13-12-15-23(24)20-22-17-18-25-26(21-22)30-25/h12-13,15-16,22,25-26H,4-11,14,17-21H2,1-3H3. The number of hydrogen-bond acceptors (Lipinski definition) is 3. The summed E-state index contributed by atoms with van der Waals surface area (Å²) < 4.78 is 18.6. The van der Waals surface area contributed by atoms with Crippen LogP contribution in [0, 0.1) is 5.92 Å². The maximum absolute atomic E-state index is 6.41. The molecule has 3 unspecified atom stereocenters.